The number of carbonyl (C=O) groups excluding carboxylic acids is 1. The number of benzene rings is 2. The van der Waals surface area contributed by atoms with Gasteiger partial charge in [0.05, 0.1) is 7.11 Å². The number of piperazine rings is 1. The molecule has 2 heterocycles. The maximum absolute atomic E-state index is 12.1. The number of hydrogen-bond acceptors (Lipinski definition) is 7. The highest BCUT2D eigenvalue weighted by Gasteiger charge is 2.20. The van der Waals surface area contributed by atoms with Crippen LogP contribution in [0.1, 0.15) is 11.4 Å². The van der Waals surface area contributed by atoms with Crippen molar-refractivity contribution < 1.29 is 9.53 Å². The van der Waals surface area contributed by atoms with E-state index in [0.29, 0.717) is 13.0 Å². The Bertz CT molecular complexity index is 1050. The fourth-order valence-electron chi connectivity index (χ4n) is 3.61. The Kier molecular flexibility index (Phi) is 8.14. The first-order valence-electron chi connectivity index (χ1n) is 10.8. The van der Waals surface area contributed by atoms with Gasteiger partial charge in [-0.2, -0.15) is 4.37 Å². The van der Waals surface area contributed by atoms with Crippen LogP contribution >= 0.6 is 27.5 Å². The van der Waals surface area contributed by atoms with Crippen LogP contribution < -0.4 is 20.3 Å². The summed E-state index contributed by atoms with van der Waals surface area (Å²) in [5.74, 6) is 1.69. The molecule has 0 radical (unpaired) electrons. The number of nitrogens with zero attached hydrogens (tertiary/aromatic N) is 4. The topological polar surface area (TPSA) is 82.6 Å². The Labute approximate surface area is 206 Å². The summed E-state index contributed by atoms with van der Waals surface area (Å²) in [6.45, 7) is 5.09. The molecule has 2 aromatic carbocycles. The molecule has 10 heteroatoms. The van der Waals surface area contributed by atoms with Crippen molar-refractivity contribution in [1.29, 1.82) is 0 Å². The number of amides is 2. The van der Waals surface area contributed by atoms with Gasteiger partial charge in [0, 0.05) is 67.4 Å². The van der Waals surface area contributed by atoms with E-state index in [1.807, 2.05) is 42.5 Å². The van der Waals surface area contributed by atoms with Crippen LogP contribution in [0.25, 0.3) is 0 Å². The van der Waals surface area contributed by atoms with Gasteiger partial charge in [0.15, 0.2) is 0 Å². The van der Waals surface area contributed by atoms with Gasteiger partial charge in [-0.25, -0.2) is 9.78 Å². The molecule has 33 heavy (non-hydrogen) atoms. The quantitative estimate of drug-likeness (QED) is 0.460. The SMILES string of the molecule is COc1cccc(Cc2nsc(N3CCN(CCNC(=O)Nc4ccc(Br)cc4)CC3)n2)c1. The van der Waals surface area contributed by atoms with Crippen molar-refractivity contribution in [2.45, 2.75) is 6.42 Å². The molecule has 1 aliphatic rings. The van der Waals surface area contributed by atoms with Crippen LogP contribution in [-0.4, -0.2) is 66.7 Å². The molecule has 1 aliphatic heterocycles. The number of anilines is 2. The molecule has 0 unspecified atom stereocenters. The third-order valence-electron chi connectivity index (χ3n) is 5.41. The van der Waals surface area contributed by atoms with Gasteiger partial charge in [-0.1, -0.05) is 28.1 Å². The van der Waals surface area contributed by atoms with E-state index in [2.05, 4.69) is 46.8 Å². The summed E-state index contributed by atoms with van der Waals surface area (Å²) >= 11 is 4.84. The Hall–Kier alpha value is -2.69. The van der Waals surface area contributed by atoms with Gasteiger partial charge in [0.1, 0.15) is 11.6 Å². The van der Waals surface area contributed by atoms with Gasteiger partial charge in [-0.3, -0.25) is 4.90 Å². The molecule has 0 atom stereocenters. The Morgan fingerprint density at radius 1 is 1.15 bits per heavy atom. The summed E-state index contributed by atoms with van der Waals surface area (Å²) in [6.07, 6.45) is 0.696. The predicted octanol–water partition coefficient (Wildman–Crippen LogP) is 3.84. The lowest BCUT2D eigenvalue weighted by molar-refractivity contribution is 0.240. The number of ether oxygens (including phenoxy) is 1. The van der Waals surface area contributed by atoms with Crippen LogP contribution in [0.5, 0.6) is 5.75 Å². The molecule has 2 amide bonds. The van der Waals surface area contributed by atoms with E-state index >= 15 is 0 Å². The van der Waals surface area contributed by atoms with Crippen LogP contribution in [0.15, 0.2) is 53.0 Å². The van der Waals surface area contributed by atoms with E-state index < -0.39 is 0 Å². The second-order valence-corrected chi connectivity index (χ2v) is 9.38. The predicted molar refractivity (Wildman–Crippen MR) is 136 cm³/mol. The van der Waals surface area contributed by atoms with Crippen LogP contribution in [0.2, 0.25) is 0 Å². The third-order valence-corrected chi connectivity index (χ3v) is 6.76. The molecule has 1 fully saturated rings. The molecule has 3 aromatic rings. The number of urea groups is 1. The lowest BCUT2D eigenvalue weighted by Crippen LogP contribution is -2.48. The number of aromatic nitrogens is 2. The lowest BCUT2D eigenvalue weighted by atomic mass is 10.1. The second-order valence-electron chi connectivity index (χ2n) is 7.74. The molecule has 2 N–H and O–H groups in total. The monoisotopic (exact) mass is 530 g/mol. The summed E-state index contributed by atoms with van der Waals surface area (Å²) in [5.41, 5.74) is 1.91. The van der Waals surface area contributed by atoms with Crippen LogP contribution in [0, 0.1) is 0 Å². The minimum atomic E-state index is -0.187. The van der Waals surface area contributed by atoms with Crippen molar-refractivity contribution >= 4 is 44.3 Å². The minimum Gasteiger partial charge on any atom is -0.497 e. The fourth-order valence-corrected chi connectivity index (χ4v) is 4.61. The smallest absolute Gasteiger partial charge is 0.319 e. The summed E-state index contributed by atoms with van der Waals surface area (Å²) in [7, 11) is 1.67. The van der Waals surface area contributed by atoms with Crippen LogP contribution in [0.4, 0.5) is 15.6 Å². The van der Waals surface area contributed by atoms with Crippen molar-refractivity contribution in [3.05, 3.63) is 64.4 Å². The number of nitrogens with one attached hydrogen (secondary N) is 2. The standard InChI is InChI=1S/C23H27BrN6O2S/c1-32-20-4-2-3-17(15-20)16-21-27-23(33-28-21)30-13-11-29(12-14-30)10-9-25-22(31)26-19-7-5-18(24)6-8-19/h2-8,15H,9-14,16H2,1H3,(H2,25,26,31). The van der Waals surface area contributed by atoms with Gasteiger partial charge in [0.25, 0.3) is 0 Å². The normalized spacial score (nSPS) is 14.2. The highest BCUT2D eigenvalue weighted by Crippen LogP contribution is 2.21. The summed E-state index contributed by atoms with van der Waals surface area (Å²) < 4.78 is 10.8. The third kappa shape index (κ3) is 6.89. The van der Waals surface area contributed by atoms with E-state index in [1.54, 1.807) is 7.11 Å². The molecule has 0 spiro atoms. The van der Waals surface area contributed by atoms with Gasteiger partial charge in [0.2, 0.25) is 5.13 Å². The van der Waals surface area contributed by atoms with E-state index in [9.17, 15) is 4.79 Å². The fraction of sp³-hybridized carbons (Fsp3) is 0.348. The molecule has 0 bridgehead atoms. The number of halogens is 1. The largest absolute Gasteiger partial charge is 0.497 e. The average molecular weight is 531 g/mol. The molecule has 174 valence electrons. The molecule has 1 aromatic heterocycles. The van der Waals surface area contributed by atoms with Crippen LogP contribution in [-0.2, 0) is 6.42 Å². The zero-order valence-corrected chi connectivity index (χ0v) is 20.9. The van der Waals surface area contributed by atoms with E-state index in [-0.39, 0.29) is 6.03 Å². The zero-order chi connectivity index (χ0) is 23.0. The first-order valence-corrected chi connectivity index (χ1v) is 12.4. The maximum Gasteiger partial charge on any atom is 0.319 e. The van der Waals surface area contributed by atoms with Crippen molar-refractivity contribution in [3.8, 4) is 5.75 Å². The molecule has 1 saturated heterocycles. The zero-order valence-electron chi connectivity index (χ0n) is 18.5. The Balaban J connectivity index is 1.17. The van der Waals surface area contributed by atoms with Crippen LogP contribution in [0.3, 0.4) is 0 Å². The van der Waals surface area contributed by atoms with Crippen molar-refractivity contribution in [3.63, 3.8) is 0 Å². The van der Waals surface area contributed by atoms with E-state index in [1.165, 1.54) is 11.5 Å². The number of carbonyl (C=O) groups is 1. The van der Waals surface area contributed by atoms with Gasteiger partial charge in [-0.05, 0) is 42.0 Å². The molecule has 0 saturated carbocycles. The first-order chi connectivity index (χ1) is 16.1. The van der Waals surface area contributed by atoms with Gasteiger partial charge in [-0.15, -0.1) is 0 Å². The highest BCUT2D eigenvalue weighted by atomic mass is 79.9. The Morgan fingerprint density at radius 2 is 1.94 bits per heavy atom. The molecule has 8 nitrogen and oxygen atoms in total. The van der Waals surface area contributed by atoms with Gasteiger partial charge >= 0.3 is 6.03 Å². The second kappa shape index (κ2) is 11.4. The Morgan fingerprint density at radius 3 is 2.70 bits per heavy atom. The molecule has 0 aliphatic carbocycles. The maximum atomic E-state index is 12.1. The lowest BCUT2D eigenvalue weighted by Gasteiger charge is -2.34. The van der Waals surface area contributed by atoms with Crippen molar-refractivity contribution in [2.24, 2.45) is 0 Å². The molecular formula is C23H27BrN6O2S. The van der Waals surface area contributed by atoms with E-state index in [0.717, 1.165) is 65.2 Å². The summed E-state index contributed by atoms with van der Waals surface area (Å²) in [5, 5.41) is 6.74. The number of methoxy groups -OCH3 is 1. The summed E-state index contributed by atoms with van der Waals surface area (Å²) in [6, 6.07) is 15.3. The molecular weight excluding hydrogens is 504 g/mol. The number of hydrogen-bond donors (Lipinski definition) is 2. The summed E-state index contributed by atoms with van der Waals surface area (Å²) in [4.78, 5) is 21.5. The number of rotatable bonds is 8. The molecule has 4 rings (SSSR count). The van der Waals surface area contributed by atoms with Crippen molar-refractivity contribution in [2.75, 3.05) is 56.6 Å². The van der Waals surface area contributed by atoms with E-state index in [4.69, 9.17) is 9.72 Å². The highest BCUT2D eigenvalue weighted by molar-refractivity contribution is 9.10. The first kappa shape index (κ1) is 23.5. The average Bonchev–Trinajstić information content (AvgIpc) is 3.29. The van der Waals surface area contributed by atoms with Crippen molar-refractivity contribution in [1.82, 2.24) is 19.6 Å². The minimum absolute atomic E-state index is 0.187. The van der Waals surface area contributed by atoms with Gasteiger partial charge < -0.3 is 20.3 Å².